The average molecular weight is 675 g/mol. The van der Waals surface area contributed by atoms with Crippen LogP contribution in [0.1, 0.15) is 86.9 Å². The van der Waals surface area contributed by atoms with E-state index in [0.717, 1.165) is 58.2 Å². The Morgan fingerprint density at radius 3 is 2.24 bits per heavy atom. The highest BCUT2D eigenvalue weighted by Crippen LogP contribution is 2.47. The van der Waals surface area contributed by atoms with Crippen molar-refractivity contribution < 1.29 is 28.9 Å². The van der Waals surface area contributed by atoms with E-state index in [1.54, 1.807) is 18.2 Å². The predicted octanol–water partition coefficient (Wildman–Crippen LogP) is 7.24. The zero-order valence-electron chi connectivity index (χ0n) is 28.8. The lowest BCUT2D eigenvalue weighted by molar-refractivity contribution is 0.0552. The third-order valence-electron chi connectivity index (χ3n) is 10.9. The monoisotopic (exact) mass is 674 g/mol. The largest absolute Gasteiger partial charge is 0.508 e. The lowest BCUT2D eigenvalue weighted by atomic mass is 9.69. The second kappa shape index (κ2) is 15.0. The van der Waals surface area contributed by atoms with Gasteiger partial charge in [-0.3, -0.25) is 0 Å². The summed E-state index contributed by atoms with van der Waals surface area (Å²) in [6.45, 7) is 3.09. The van der Waals surface area contributed by atoms with Gasteiger partial charge in [0.2, 0.25) is 0 Å². The van der Waals surface area contributed by atoms with Gasteiger partial charge in [0.25, 0.3) is 0 Å². The van der Waals surface area contributed by atoms with Crippen LogP contribution in [0.3, 0.4) is 0 Å². The minimum Gasteiger partial charge on any atom is -0.508 e. The van der Waals surface area contributed by atoms with Gasteiger partial charge in [0.05, 0.1) is 25.3 Å². The number of rotatable bonds is 10. The van der Waals surface area contributed by atoms with Gasteiger partial charge in [0.15, 0.2) is 0 Å². The second-order valence-electron chi connectivity index (χ2n) is 13.9. The Morgan fingerprint density at radius 2 is 1.52 bits per heavy atom. The highest BCUT2D eigenvalue weighted by atomic mass is 16.5. The smallest absolute Gasteiger partial charge is 0.338 e. The number of aromatic hydroxyl groups is 1. The molecule has 50 heavy (non-hydrogen) atoms. The summed E-state index contributed by atoms with van der Waals surface area (Å²) in [5, 5.41) is 13.9. The predicted molar refractivity (Wildman–Crippen MR) is 193 cm³/mol. The van der Waals surface area contributed by atoms with E-state index >= 15 is 0 Å². The van der Waals surface area contributed by atoms with E-state index in [2.05, 4.69) is 70.9 Å². The summed E-state index contributed by atoms with van der Waals surface area (Å²) < 4.78 is 15.8. The number of phenolic OH excluding ortho intramolecular Hbond substituents is 1. The van der Waals surface area contributed by atoms with E-state index in [-0.39, 0.29) is 23.1 Å². The van der Waals surface area contributed by atoms with E-state index in [9.17, 15) is 14.7 Å². The molecule has 1 saturated heterocycles. The van der Waals surface area contributed by atoms with Crippen molar-refractivity contribution in [3.8, 4) is 11.5 Å². The number of nitrogens with zero attached hydrogens (tertiary/aromatic N) is 1. The first-order valence-electron chi connectivity index (χ1n) is 17.8. The molecule has 0 bridgehead atoms. The maximum atomic E-state index is 12.2. The normalized spacial score (nSPS) is 21.8. The standard InChI is InChI=1S/C42H46N2O6/c1-48-41(46)38-17-14-34(25-39(38)42(47)49-2)50-35-23-31(24-35)43-26-27-18-20-44(21-19-27)32-11-8-29(9-12-32)40-36(28-6-4-3-5-7-28)15-10-30-22-33(45)13-16-37(30)40/h3-9,11-14,16-17,22,25,27,31,35-36,40,43,45H,10,15,18-21,23-24,26H2,1-2H3/t31-,35-,36-,40+/m1/s1. The third kappa shape index (κ3) is 7.22. The SMILES string of the molecule is COC(=O)c1ccc(O[C@H]2C[C@H](NCC3CCN(c4ccc([C@@H]5c6ccc(O)cc6CC[C@@H]5c5ccccc5)cc4)CC3)C2)cc1C(=O)OC. The van der Waals surface area contributed by atoms with Gasteiger partial charge >= 0.3 is 11.9 Å². The van der Waals surface area contributed by atoms with Crippen LogP contribution in [-0.4, -0.2) is 63.0 Å². The van der Waals surface area contributed by atoms with E-state index in [1.807, 2.05) is 12.1 Å². The summed E-state index contributed by atoms with van der Waals surface area (Å²) in [5.41, 5.74) is 6.88. The first kappa shape index (κ1) is 33.7. The van der Waals surface area contributed by atoms with E-state index in [1.165, 1.54) is 42.2 Å². The summed E-state index contributed by atoms with van der Waals surface area (Å²) in [6, 6.07) is 31.3. The minimum atomic E-state index is -0.600. The van der Waals surface area contributed by atoms with Gasteiger partial charge in [-0.15, -0.1) is 0 Å². The maximum absolute atomic E-state index is 12.2. The molecular formula is C42H46N2O6. The molecule has 2 atom stereocenters. The van der Waals surface area contributed by atoms with Crippen molar-refractivity contribution in [2.45, 2.75) is 62.5 Å². The molecular weight excluding hydrogens is 628 g/mol. The zero-order chi connectivity index (χ0) is 34.6. The van der Waals surface area contributed by atoms with Crippen LogP contribution in [0.2, 0.25) is 0 Å². The minimum absolute atomic E-state index is 0.0593. The van der Waals surface area contributed by atoms with E-state index in [4.69, 9.17) is 14.2 Å². The fraction of sp³-hybridized carbons (Fsp3) is 0.381. The molecule has 2 fully saturated rings. The van der Waals surface area contributed by atoms with E-state index in [0.29, 0.717) is 29.4 Å². The fourth-order valence-electron chi connectivity index (χ4n) is 8.08. The van der Waals surface area contributed by atoms with Crippen molar-refractivity contribution in [2.24, 2.45) is 5.92 Å². The molecule has 4 aromatic rings. The van der Waals surface area contributed by atoms with Crippen molar-refractivity contribution in [2.75, 3.05) is 38.8 Å². The molecule has 1 aliphatic heterocycles. The van der Waals surface area contributed by atoms with E-state index < -0.39 is 11.9 Å². The Labute approximate surface area is 294 Å². The first-order valence-corrected chi connectivity index (χ1v) is 17.8. The average Bonchev–Trinajstić information content (AvgIpc) is 3.15. The van der Waals surface area contributed by atoms with Crippen LogP contribution in [0, 0.1) is 5.92 Å². The number of carbonyl (C=O) groups excluding carboxylic acids is 2. The molecule has 2 aliphatic carbocycles. The van der Waals surface area contributed by atoms with Crippen LogP contribution in [0.4, 0.5) is 5.69 Å². The van der Waals surface area contributed by atoms with Crippen LogP contribution in [0.25, 0.3) is 0 Å². The maximum Gasteiger partial charge on any atom is 0.338 e. The summed E-state index contributed by atoms with van der Waals surface area (Å²) in [5.74, 6) is 1.00. The summed E-state index contributed by atoms with van der Waals surface area (Å²) in [4.78, 5) is 26.8. The number of methoxy groups -OCH3 is 2. The molecule has 0 amide bonds. The van der Waals surface area contributed by atoms with Gasteiger partial charge in [-0.2, -0.15) is 0 Å². The quantitative estimate of drug-likeness (QED) is 0.170. The molecule has 0 spiro atoms. The highest BCUT2D eigenvalue weighted by Gasteiger charge is 2.34. The number of benzene rings is 4. The van der Waals surface area contributed by atoms with Gasteiger partial charge < -0.3 is 29.5 Å². The van der Waals surface area contributed by atoms with Crippen LogP contribution < -0.4 is 15.0 Å². The van der Waals surface area contributed by atoms with Gasteiger partial charge in [0, 0.05) is 30.7 Å². The Bertz CT molecular complexity index is 1800. The summed E-state index contributed by atoms with van der Waals surface area (Å²) in [7, 11) is 2.57. The van der Waals surface area contributed by atoms with Crippen LogP contribution >= 0.6 is 0 Å². The number of hydrogen-bond acceptors (Lipinski definition) is 8. The Morgan fingerprint density at radius 1 is 0.800 bits per heavy atom. The topological polar surface area (TPSA) is 97.3 Å². The van der Waals surface area contributed by atoms with Crippen molar-refractivity contribution in [1.82, 2.24) is 5.32 Å². The van der Waals surface area contributed by atoms with Crippen molar-refractivity contribution in [1.29, 1.82) is 0 Å². The molecule has 0 aromatic heterocycles. The molecule has 1 saturated carbocycles. The summed E-state index contributed by atoms with van der Waals surface area (Å²) in [6.07, 6.45) is 6.20. The molecule has 3 aliphatic rings. The van der Waals surface area contributed by atoms with Crippen molar-refractivity contribution in [3.05, 3.63) is 124 Å². The van der Waals surface area contributed by atoms with Crippen molar-refractivity contribution in [3.63, 3.8) is 0 Å². The van der Waals surface area contributed by atoms with Crippen molar-refractivity contribution >= 4 is 17.6 Å². The third-order valence-corrected chi connectivity index (χ3v) is 10.9. The number of anilines is 1. The number of fused-ring (bicyclic) bond motifs is 1. The molecule has 0 unspecified atom stereocenters. The molecule has 8 nitrogen and oxygen atoms in total. The Hall–Kier alpha value is -4.82. The molecule has 0 radical (unpaired) electrons. The first-order chi connectivity index (χ1) is 24.4. The number of hydrogen-bond donors (Lipinski definition) is 2. The number of phenols is 1. The Kier molecular flexibility index (Phi) is 10.1. The number of ether oxygens (including phenoxy) is 3. The summed E-state index contributed by atoms with van der Waals surface area (Å²) >= 11 is 0. The molecule has 1 heterocycles. The van der Waals surface area contributed by atoms with Crippen LogP contribution in [0.15, 0.2) is 91.0 Å². The number of nitrogens with one attached hydrogen (secondary N) is 1. The van der Waals surface area contributed by atoms with Gasteiger partial charge in [0.1, 0.15) is 17.6 Å². The van der Waals surface area contributed by atoms with Crippen LogP contribution in [0.5, 0.6) is 11.5 Å². The number of carbonyl (C=O) groups is 2. The number of esters is 2. The lowest BCUT2D eigenvalue weighted by Crippen LogP contribution is -2.49. The fourth-order valence-corrected chi connectivity index (χ4v) is 8.08. The van der Waals surface area contributed by atoms with Gasteiger partial charge in [-0.05, 0) is 122 Å². The molecule has 8 heteroatoms. The second-order valence-corrected chi connectivity index (χ2v) is 13.9. The molecule has 7 rings (SSSR count). The molecule has 2 N–H and O–H groups in total. The lowest BCUT2D eigenvalue weighted by Gasteiger charge is -2.39. The van der Waals surface area contributed by atoms with Crippen LogP contribution in [-0.2, 0) is 15.9 Å². The highest BCUT2D eigenvalue weighted by molar-refractivity contribution is 6.03. The number of piperidine rings is 1. The van der Waals surface area contributed by atoms with Gasteiger partial charge in [-0.25, -0.2) is 9.59 Å². The Balaban J connectivity index is 0.901. The van der Waals surface area contributed by atoms with Gasteiger partial charge in [-0.1, -0.05) is 48.5 Å². The number of aryl methyl sites for hydroxylation is 1. The molecule has 4 aromatic carbocycles. The zero-order valence-corrected chi connectivity index (χ0v) is 28.8. The molecule has 260 valence electrons.